The first-order chi connectivity index (χ1) is 8.08. The van der Waals surface area contributed by atoms with E-state index in [1.165, 1.54) is 0 Å². The molecule has 2 rings (SSSR count). The summed E-state index contributed by atoms with van der Waals surface area (Å²) in [7, 11) is 1.77. The SMILES string of the molecule is Cn1ncc(Cl)c1C(O)Cc1ccc(Br)cc1. The third-order valence-corrected chi connectivity index (χ3v) is 3.42. The Kier molecular flexibility index (Phi) is 3.86. The summed E-state index contributed by atoms with van der Waals surface area (Å²) in [6.07, 6.45) is 1.42. The molecule has 1 unspecified atom stereocenters. The molecule has 0 saturated carbocycles. The van der Waals surface area contributed by atoms with Crippen LogP contribution in [0.2, 0.25) is 5.02 Å². The van der Waals surface area contributed by atoms with Crippen molar-refractivity contribution in [3.05, 3.63) is 51.2 Å². The fourth-order valence-corrected chi connectivity index (χ4v) is 2.29. The van der Waals surface area contributed by atoms with Gasteiger partial charge in [0, 0.05) is 17.9 Å². The Hall–Kier alpha value is -0.840. The Morgan fingerprint density at radius 2 is 2.06 bits per heavy atom. The van der Waals surface area contributed by atoms with Crippen LogP contribution in [0.5, 0.6) is 0 Å². The number of hydrogen-bond donors (Lipinski definition) is 1. The summed E-state index contributed by atoms with van der Waals surface area (Å²) in [6, 6.07) is 7.84. The molecule has 1 aromatic carbocycles. The van der Waals surface area contributed by atoms with E-state index < -0.39 is 6.10 Å². The Labute approximate surface area is 113 Å². The molecule has 0 aliphatic carbocycles. The van der Waals surface area contributed by atoms with Gasteiger partial charge < -0.3 is 5.11 Å². The standard InChI is InChI=1S/C12H12BrClN2O/c1-16-12(10(14)7-15-16)11(17)6-8-2-4-9(13)5-3-8/h2-5,7,11,17H,6H2,1H3. The van der Waals surface area contributed by atoms with Gasteiger partial charge in [-0.1, -0.05) is 39.7 Å². The zero-order chi connectivity index (χ0) is 12.4. The van der Waals surface area contributed by atoms with Crippen molar-refractivity contribution in [2.45, 2.75) is 12.5 Å². The molecule has 1 heterocycles. The molecule has 0 saturated heterocycles. The second-order valence-corrected chi connectivity index (χ2v) is 5.17. The van der Waals surface area contributed by atoms with Crippen molar-refractivity contribution in [3.8, 4) is 0 Å². The van der Waals surface area contributed by atoms with Gasteiger partial charge in [0.05, 0.1) is 16.9 Å². The van der Waals surface area contributed by atoms with Gasteiger partial charge in [0.1, 0.15) is 6.10 Å². The molecule has 2 aromatic rings. The van der Waals surface area contributed by atoms with Crippen molar-refractivity contribution in [2.24, 2.45) is 7.05 Å². The fourth-order valence-electron chi connectivity index (χ4n) is 1.74. The second kappa shape index (κ2) is 5.21. The van der Waals surface area contributed by atoms with E-state index in [1.54, 1.807) is 17.9 Å². The minimum absolute atomic E-state index is 0.497. The lowest BCUT2D eigenvalue weighted by Crippen LogP contribution is -2.08. The maximum Gasteiger partial charge on any atom is 0.101 e. The summed E-state index contributed by atoms with van der Waals surface area (Å²) < 4.78 is 2.63. The molecule has 17 heavy (non-hydrogen) atoms. The molecule has 0 radical (unpaired) electrons. The predicted molar refractivity (Wildman–Crippen MR) is 71.0 cm³/mol. The molecule has 5 heteroatoms. The summed E-state index contributed by atoms with van der Waals surface area (Å²) in [6.45, 7) is 0. The molecule has 0 aliphatic heterocycles. The normalized spacial score (nSPS) is 12.7. The van der Waals surface area contributed by atoms with Crippen molar-refractivity contribution >= 4 is 27.5 Å². The topological polar surface area (TPSA) is 38.0 Å². The van der Waals surface area contributed by atoms with Crippen LogP contribution in [0.4, 0.5) is 0 Å². The lowest BCUT2D eigenvalue weighted by atomic mass is 10.1. The van der Waals surface area contributed by atoms with Gasteiger partial charge in [0.15, 0.2) is 0 Å². The smallest absolute Gasteiger partial charge is 0.101 e. The number of nitrogens with zero attached hydrogens (tertiary/aromatic N) is 2. The summed E-state index contributed by atoms with van der Waals surface area (Å²) in [5, 5.41) is 14.6. The maximum absolute atomic E-state index is 10.1. The van der Waals surface area contributed by atoms with E-state index in [1.807, 2.05) is 24.3 Å². The van der Waals surface area contributed by atoms with E-state index in [0.29, 0.717) is 17.1 Å². The van der Waals surface area contributed by atoms with Crippen LogP contribution < -0.4 is 0 Å². The van der Waals surface area contributed by atoms with E-state index in [4.69, 9.17) is 11.6 Å². The minimum Gasteiger partial charge on any atom is -0.386 e. The van der Waals surface area contributed by atoms with E-state index >= 15 is 0 Å². The first-order valence-corrected chi connectivity index (χ1v) is 6.35. The Bertz CT molecular complexity index is 490. The number of aliphatic hydroxyl groups excluding tert-OH is 1. The molecular formula is C12H12BrClN2O. The van der Waals surface area contributed by atoms with E-state index in [9.17, 15) is 5.11 Å². The summed E-state index contributed by atoms with van der Waals surface area (Å²) in [5.74, 6) is 0. The third-order valence-electron chi connectivity index (χ3n) is 2.60. The average Bonchev–Trinajstić information content (AvgIpc) is 2.62. The van der Waals surface area contributed by atoms with Crippen LogP contribution in [0, 0.1) is 0 Å². The highest BCUT2D eigenvalue weighted by atomic mass is 79.9. The van der Waals surface area contributed by atoms with Gasteiger partial charge in [-0.3, -0.25) is 4.68 Å². The van der Waals surface area contributed by atoms with Crippen LogP contribution in [0.1, 0.15) is 17.4 Å². The quantitative estimate of drug-likeness (QED) is 0.945. The van der Waals surface area contributed by atoms with Crippen LogP contribution in [0.25, 0.3) is 0 Å². The van der Waals surface area contributed by atoms with Gasteiger partial charge in [0.25, 0.3) is 0 Å². The Morgan fingerprint density at radius 1 is 1.41 bits per heavy atom. The Morgan fingerprint density at radius 3 is 2.59 bits per heavy atom. The summed E-state index contributed by atoms with van der Waals surface area (Å²) in [4.78, 5) is 0. The highest BCUT2D eigenvalue weighted by Crippen LogP contribution is 2.25. The number of halogens is 2. The van der Waals surface area contributed by atoms with Crippen LogP contribution in [0.3, 0.4) is 0 Å². The maximum atomic E-state index is 10.1. The third kappa shape index (κ3) is 2.89. The molecule has 0 amide bonds. The molecule has 1 N–H and O–H groups in total. The summed E-state index contributed by atoms with van der Waals surface area (Å²) in [5.41, 5.74) is 1.70. The minimum atomic E-state index is -0.642. The van der Waals surface area contributed by atoms with E-state index in [-0.39, 0.29) is 0 Å². The van der Waals surface area contributed by atoms with Gasteiger partial charge in [-0.05, 0) is 17.7 Å². The van der Waals surface area contributed by atoms with E-state index in [0.717, 1.165) is 10.0 Å². The highest BCUT2D eigenvalue weighted by Gasteiger charge is 2.16. The van der Waals surface area contributed by atoms with Crippen LogP contribution in [0.15, 0.2) is 34.9 Å². The molecular weight excluding hydrogens is 304 g/mol. The molecule has 0 spiro atoms. The van der Waals surface area contributed by atoms with Crippen LogP contribution in [-0.2, 0) is 13.5 Å². The van der Waals surface area contributed by atoms with Crippen molar-refractivity contribution < 1.29 is 5.11 Å². The van der Waals surface area contributed by atoms with Crippen LogP contribution in [-0.4, -0.2) is 14.9 Å². The monoisotopic (exact) mass is 314 g/mol. The Balaban J connectivity index is 2.17. The number of aliphatic hydroxyl groups is 1. The van der Waals surface area contributed by atoms with Crippen LogP contribution >= 0.6 is 27.5 Å². The molecule has 3 nitrogen and oxygen atoms in total. The van der Waals surface area contributed by atoms with Gasteiger partial charge in [-0.25, -0.2) is 0 Å². The molecule has 0 aliphatic rings. The first-order valence-electron chi connectivity index (χ1n) is 5.18. The largest absolute Gasteiger partial charge is 0.386 e. The fraction of sp³-hybridized carbons (Fsp3) is 0.250. The van der Waals surface area contributed by atoms with Crippen molar-refractivity contribution in [3.63, 3.8) is 0 Å². The van der Waals surface area contributed by atoms with Crippen molar-refractivity contribution in [1.82, 2.24) is 9.78 Å². The lowest BCUT2D eigenvalue weighted by Gasteiger charge is -2.12. The van der Waals surface area contributed by atoms with Gasteiger partial charge in [-0.2, -0.15) is 5.10 Å². The van der Waals surface area contributed by atoms with Gasteiger partial charge >= 0.3 is 0 Å². The number of rotatable bonds is 3. The van der Waals surface area contributed by atoms with Gasteiger partial charge in [0.2, 0.25) is 0 Å². The molecule has 0 fully saturated rings. The number of hydrogen-bond acceptors (Lipinski definition) is 2. The first kappa shape index (κ1) is 12.6. The van der Waals surface area contributed by atoms with Gasteiger partial charge in [-0.15, -0.1) is 0 Å². The zero-order valence-electron chi connectivity index (χ0n) is 9.27. The molecule has 1 aromatic heterocycles. The molecule has 90 valence electrons. The zero-order valence-corrected chi connectivity index (χ0v) is 11.6. The van der Waals surface area contributed by atoms with Crippen molar-refractivity contribution in [2.75, 3.05) is 0 Å². The number of aryl methyl sites for hydroxylation is 1. The molecule has 1 atom stereocenters. The van der Waals surface area contributed by atoms with Crippen molar-refractivity contribution in [1.29, 1.82) is 0 Å². The summed E-state index contributed by atoms with van der Waals surface area (Å²) >= 11 is 9.36. The predicted octanol–water partition coefficient (Wildman–Crippen LogP) is 3.11. The second-order valence-electron chi connectivity index (χ2n) is 3.85. The lowest BCUT2D eigenvalue weighted by molar-refractivity contribution is 0.168. The van der Waals surface area contributed by atoms with E-state index in [2.05, 4.69) is 21.0 Å². The average molecular weight is 316 g/mol. The highest BCUT2D eigenvalue weighted by molar-refractivity contribution is 9.10. The number of benzene rings is 1. The molecule has 0 bridgehead atoms. The number of aromatic nitrogens is 2.